The van der Waals surface area contributed by atoms with E-state index >= 15 is 0 Å². The van der Waals surface area contributed by atoms with Crippen LogP contribution in [0.15, 0.2) is 24.3 Å². The quantitative estimate of drug-likeness (QED) is 0.696. The Labute approximate surface area is 103 Å². The molecular weight excluding hydrogens is 216 g/mol. The lowest BCUT2D eigenvalue weighted by Crippen LogP contribution is -2.10. The van der Waals surface area contributed by atoms with Crippen LogP contribution in [0.25, 0.3) is 0 Å². The number of benzene rings is 1. The minimum absolute atomic E-state index is 0.149. The zero-order chi connectivity index (χ0) is 12.5. The predicted molar refractivity (Wildman–Crippen MR) is 67.4 cm³/mol. The third-order valence-electron chi connectivity index (χ3n) is 2.45. The standard InChI is InChI=1S/C14H20O3/c1-3-4-13(15)11-17-14-7-5-12(6-8-14)9-10-16-2/h5-8H,3-4,9-11H2,1-2H3. The van der Waals surface area contributed by atoms with Crippen molar-refractivity contribution in [1.82, 2.24) is 0 Å². The Balaban J connectivity index is 2.37. The van der Waals surface area contributed by atoms with Gasteiger partial charge in [-0.05, 0) is 30.5 Å². The highest BCUT2D eigenvalue weighted by atomic mass is 16.5. The van der Waals surface area contributed by atoms with Crippen LogP contribution >= 0.6 is 0 Å². The Morgan fingerprint density at radius 3 is 2.53 bits per heavy atom. The topological polar surface area (TPSA) is 35.5 Å². The van der Waals surface area contributed by atoms with Gasteiger partial charge in [0, 0.05) is 13.5 Å². The Morgan fingerprint density at radius 1 is 1.24 bits per heavy atom. The van der Waals surface area contributed by atoms with Crippen molar-refractivity contribution < 1.29 is 14.3 Å². The second-order valence-corrected chi connectivity index (χ2v) is 3.96. The van der Waals surface area contributed by atoms with E-state index in [4.69, 9.17) is 9.47 Å². The van der Waals surface area contributed by atoms with Gasteiger partial charge in [0.05, 0.1) is 6.61 Å². The highest BCUT2D eigenvalue weighted by Crippen LogP contribution is 2.12. The maximum atomic E-state index is 11.3. The molecule has 1 aromatic rings. The van der Waals surface area contributed by atoms with E-state index in [9.17, 15) is 4.79 Å². The Morgan fingerprint density at radius 2 is 1.94 bits per heavy atom. The molecule has 0 aromatic heterocycles. The SMILES string of the molecule is CCCC(=O)COc1ccc(CCOC)cc1. The van der Waals surface area contributed by atoms with E-state index in [2.05, 4.69) is 0 Å². The molecule has 0 aliphatic rings. The maximum Gasteiger partial charge on any atom is 0.170 e. The van der Waals surface area contributed by atoms with E-state index in [0.717, 1.165) is 25.2 Å². The van der Waals surface area contributed by atoms with E-state index in [1.54, 1.807) is 7.11 Å². The average molecular weight is 236 g/mol. The van der Waals surface area contributed by atoms with Crippen molar-refractivity contribution in [1.29, 1.82) is 0 Å². The predicted octanol–water partition coefficient (Wildman–Crippen LogP) is 2.62. The summed E-state index contributed by atoms with van der Waals surface area (Å²) in [4.78, 5) is 11.3. The Kier molecular flexibility index (Phi) is 6.33. The van der Waals surface area contributed by atoms with Gasteiger partial charge in [-0.25, -0.2) is 0 Å². The first-order valence-electron chi connectivity index (χ1n) is 5.98. The van der Waals surface area contributed by atoms with E-state index in [-0.39, 0.29) is 12.4 Å². The summed E-state index contributed by atoms with van der Waals surface area (Å²) < 4.78 is 10.4. The lowest BCUT2D eigenvalue weighted by molar-refractivity contribution is -0.121. The van der Waals surface area contributed by atoms with Gasteiger partial charge in [0.1, 0.15) is 12.4 Å². The molecule has 1 aromatic carbocycles. The Bertz CT molecular complexity index is 330. The molecule has 17 heavy (non-hydrogen) atoms. The minimum atomic E-state index is 0.149. The van der Waals surface area contributed by atoms with Crippen molar-refractivity contribution in [2.24, 2.45) is 0 Å². The summed E-state index contributed by atoms with van der Waals surface area (Å²) >= 11 is 0. The summed E-state index contributed by atoms with van der Waals surface area (Å²) in [6.07, 6.45) is 2.36. The number of methoxy groups -OCH3 is 1. The third-order valence-corrected chi connectivity index (χ3v) is 2.45. The zero-order valence-electron chi connectivity index (χ0n) is 10.6. The fourth-order valence-electron chi connectivity index (χ4n) is 1.49. The first kappa shape index (κ1) is 13.7. The number of carbonyl (C=O) groups excluding carboxylic acids is 1. The number of hydrogen-bond acceptors (Lipinski definition) is 3. The number of ketones is 1. The van der Waals surface area contributed by atoms with Crippen LogP contribution in [0.1, 0.15) is 25.3 Å². The lowest BCUT2D eigenvalue weighted by atomic mass is 10.1. The van der Waals surface area contributed by atoms with Crippen molar-refractivity contribution in [2.45, 2.75) is 26.2 Å². The molecule has 0 atom stereocenters. The summed E-state index contributed by atoms with van der Waals surface area (Å²) in [5, 5.41) is 0. The van der Waals surface area contributed by atoms with Crippen molar-refractivity contribution in [3.8, 4) is 5.75 Å². The number of hydrogen-bond donors (Lipinski definition) is 0. The number of carbonyl (C=O) groups is 1. The molecule has 0 radical (unpaired) electrons. The van der Waals surface area contributed by atoms with E-state index in [0.29, 0.717) is 6.42 Å². The van der Waals surface area contributed by atoms with Gasteiger partial charge in [0.15, 0.2) is 5.78 Å². The third kappa shape index (κ3) is 5.50. The van der Waals surface area contributed by atoms with Crippen molar-refractivity contribution >= 4 is 5.78 Å². The second kappa shape index (κ2) is 7.85. The molecule has 0 saturated carbocycles. The average Bonchev–Trinajstić information content (AvgIpc) is 2.35. The first-order chi connectivity index (χ1) is 8.26. The lowest BCUT2D eigenvalue weighted by Gasteiger charge is -2.06. The Hall–Kier alpha value is -1.35. The normalized spacial score (nSPS) is 10.2. The molecule has 0 heterocycles. The highest BCUT2D eigenvalue weighted by molar-refractivity contribution is 5.79. The summed E-state index contributed by atoms with van der Waals surface area (Å²) in [6, 6.07) is 7.78. The van der Waals surface area contributed by atoms with Crippen LogP contribution in [0.4, 0.5) is 0 Å². The van der Waals surface area contributed by atoms with Gasteiger partial charge in [-0.1, -0.05) is 19.1 Å². The van der Waals surface area contributed by atoms with Gasteiger partial charge < -0.3 is 9.47 Å². The largest absolute Gasteiger partial charge is 0.486 e. The van der Waals surface area contributed by atoms with Crippen molar-refractivity contribution in [2.75, 3.05) is 20.3 Å². The van der Waals surface area contributed by atoms with Crippen molar-refractivity contribution in [3.63, 3.8) is 0 Å². The summed E-state index contributed by atoms with van der Waals surface area (Å²) in [7, 11) is 1.69. The second-order valence-electron chi connectivity index (χ2n) is 3.96. The molecular formula is C14H20O3. The smallest absolute Gasteiger partial charge is 0.170 e. The first-order valence-corrected chi connectivity index (χ1v) is 5.98. The van der Waals surface area contributed by atoms with Crippen LogP contribution in [0.3, 0.4) is 0 Å². The molecule has 3 heteroatoms. The summed E-state index contributed by atoms with van der Waals surface area (Å²) in [5.74, 6) is 0.895. The van der Waals surface area contributed by atoms with Crippen LogP contribution in [0.5, 0.6) is 5.75 Å². The van der Waals surface area contributed by atoms with Crippen LogP contribution in [0.2, 0.25) is 0 Å². The molecule has 0 amide bonds. The molecule has 0 spiro atoms. The van der Waals surface area contributed by atoms with Gasteiger partial charge >= 0.3 is 0 Å². The van der Waals surface area contributed by atoms with Gasteiger partial charge in [0.2, 0.25) is 0 Å². The molecule has 3 nitrogen and oxygen atoms in total. The molecule has 1 rings (SSSR count). The minimum Gasteiger partial charge on any atom is -0.486 e. The molecule has 0 unspecified atom stereocenters. The molecule has 0 bridgehead atoms. The fraction of sp³-hybridized carbons (Fsp3) is 0.500. The van der Waals surface area contributed by atoms with E-state index < -0.39 is 0 Å². The molecule has 0 fully saturated rings. The number of rotatable bonds is 8. The van der Waals surface area contributed by atoms with Crippen LogP contribution in [0, 0.1) is 0 Å². The maximum absolute atomic E-state index is 11.3. The molecule has 0 saturated heterocycles. The monoisotopic (exact) mass is 236 g/mol. The van der Waals surface area contributed by atoms with Gasteiger partial charge in [-0.15, -0.1) is 0 Å². The van der Waals surface area contributed by atoms with Crippen LogP contribution in [-0.2, 0) is 16.0 Å². The van der Waals surface area contributed by atoms with E-state index in [1.165, 1.54) is 5.56 Å². The molecule has 0 aliphatic carbocycles. The number of Topliss-reactive ketones (excluding diaryl/α,β-unsaturated/α-hetero) is 1. The number of ether oxygens (including phenoxy) is 2. The van der Waals surface area contributed by atoms with Crippen molar-refractivity contribution in [3.05, 3.63) is 29.8 Å². The molecule has 0 N–H and O–H groups in total. The van der Waals surface area contributed by atoms with Gasteiger partial charge in [-0.2, -0.15) is 0 Å². The summed E-state index contributed by atoms with van der Waals surface area (Å²) in [5.41, 5.74) is 1.21. The fourth-order valence-corrected chi connectivity index (χ4v) is 1.49. The van der Waals surface area contributed by atoms with Gasteiger partial charge in [0.25, 0.3) is 0 Å². The van der Waals surface area contributed by atoms with Crippen LogP contribution in [-0.4, -0.2) is 26.1 Å². The van der Waals surface area contributed by atoms with Crippen LogP contribution < -0.4 is 4.74 Å². The zero-order valence-corrected chi connectivity index (χ0v) is 10.6. The highest BCUT2D eigenvalue weighted by Gasteiger charge is 2.01. The van der Waals surface area contributed by atoms with Gasteiger partial charge in [-0.3, -0.25) is 4.79 Å². The molecule has 0 aliphatic heterocycles. The summed E-state index contributed by atoms with van der Waals surface area (Å²) in [6.45, 7) is 2.88. The molecule has 94 valence electrons. The van der Waals surface area contributed by atoms with E-state index in [1.807, 2.05) is 31.2 Å².